The number of nitro groups is 1. The molecule has 1 amide bonds. The van der Waals surface area contributed by atoms with Crippen LogP contribution in [0.25, 0.3) is 6.08 Å². The van der Waals surface area contributed by atoms with E-state index >= 15 is 0 Å². The lowest BCUT2D eigenvalue weighted by Crippen LogP contribution is -2.37. The predicted molar refractivity (Wildman–Crippen MR) is 98.5 cm³/mol. The molecule has 1 unspecified atom stereocenters. The Hall–Kier alpha value is -2.99. The van der Waals surface area contributed by atoms with Crippen molar-refractivity contribution >= 4 is 17.7 Å². The van der Waals surface area contributed by atoms with Crippen LogP contribution in [0.3, 0.4) is 0 Å². The van der Waals surface area contributed by atoms with Crippen molar-refractivity contribution in [1.82, 2.24) is 4.90 Å². The van der Waals surface area contributed by atoms with Gasteiger partial charge in [-0.25, -0.2) is 0 Å². The lowest BCUT2D eigenvalue weighted by molar-refractivity contribution is -0.384. The molecule has 1 aliphatic rings. The molecular weight excluding hydrogens is 332 g/mol. The van der Waals surface area contributed by atoms with Crippen molar-refractivity contribution in [3.63, 3.8) is 0 Å². The number of nitro benzene ring substituents is 1. The summed E-state index contributed by atoms with van der Waals surface area (Å²) in [5, 5.41) is 10.6. The van der Waals surface area contributed by atoms with Gasteiger partial charge in [-0.1, -0.05) is 24.3 Å². The minimum absolute atomic E-state index is 0.0216. The smallest absolute Gasteiger partial charge is 0.269 e. The molecule has 2 aromatic carbocycles. The molecule has 2 aromatic rings. The summed E-state index contributed by atoms with van der Waals surface area (Å²) in [5.74, 6) is -0.134. The third-order valence-electron chi connectivity index (χ3n) is 4.42. The first-order chi connectivity index (χ1) is 12.5. The average molecular weight is 352 g/mol. The van der Waals surface area contributed by atoms with Crippen molar-refractivity contribution in [2.45, 2.75) is 19.1 Å². The Morgan fingerprint density at radius 3 is 2.62 bits per heavy atom. The van der Waals surface area contributed by atoms with Crippen LogP contribution in [-0.2, 0) is 22.6 Å². The summed E-state index contributed by atoms with van der Waals surface area (Å²) in [6, 6.07) is 14.2. The summed E-state index contributed by atoms with van der Waals surface area (Å²) in [6.07, 6.45) is 3.89. The maximum Gasteiger partial charge on any atom is 0.269 e. The van der Waals surface area contributed by atoms with Crippen molar-refractivity contribution in [1.29, 1.82) is 0 Å². The van der Waals surface area contributed by atoms with Gasteiger partial charge in [-0.05, 0) is 34.9 Å². The first kappa shape index (κ1) is 17.8. The lowest BCUT2D eigenvalue weighted by atomic mass is 9.99. The third-order valence-corrected chi connectivity index (χ3v) is 4.42. The normalized spacial score (nSPS) is 16.3. The van der Waals surface area contributed by atoms with Crippen molar-refractivity contribution in [3.05, 3.63) is 81.4 Å². The van der Waals surface area contributed by atoms with Crippen LogP contribution >= 0.6 is 0 Å². The Morgan fingerprint density at radius 1 is 1.23 bits per heavy atom. The average Bonchev–Trinajstić information content (AvgIpc) is 2.66. The third kappa shape index (κ3) is 4.34. The molecule has 0 aromatic heterocycles. The zero-order valence-corrected chi connectivity index (χ0v) is 14.5. The van der Waals surface area contributed by atoms with Crippen LogP contribution in [0.5, 0.6) is 0 Å². The molecule has 26 heavy (non-hydrogen) atoms. The van der Waals surface area contributed by atoms with E-state index in [0.717, 1.165) is 12.0 Å². The minimum Gasteiger partial charge on any atom is -0.371 e. The van der Waals surface area contributed by atoms with Gasteiger partial charge in [0, 0.05) is 38.2 Å². The molecule has 3 rings (SSSR count). The molecule has 0 saturated heterocycles. The van der Waals surface area contributed by atoms with Gasteiger partial charge < -0.3 is 9.64 Å². The van der Waals surface area contributed by atoms with E-state index in [1.54, 1.807) is 30.2 Å². The van der Waals surface area contributed by atoms with Gasteiger partial charge in [0.15, 0.2) is 0 Å². The summed E-state index contributed by atoms with van der Waals surface area (Å²) in [6.45, 7) is 1.08. The topological polar surface area (TPSA) is 72.7 Å². The largest absolute Gasteiger partial charge is 0.371 e. The second-order valence-electron chi connectivity index (χ2n) is 6.31. The first-order valence-electron chi connectivity index (χ1n) is 8.39. The molecular formula is C20H20N2O4. The van der Waals surface area contributed by atoms with Crippen LogP contribution in [0.4, 0.5) is 5.69 Å². The van der Waals surface area contributed by atoms with Crippen LogP contribution in [0.2, 0.25) is 0 Å². The van der Waals surface area contributed by atoms with Gasteiger partial charge in [-0.3, -0.25) is 14.9 Å². The van der Waals surface area contributed by atoms with Gasteiger partial charge in [0.2, 0.25) is 5.91 Å². The molecule has 1 aliphatic heterocycles. The highest BCUT2D eigenvalue weighted by Crippen LogP contribution is 2.20. The fraction of sp³-hybridized carbons (Fsp3) is 0.250. The van der Waals surface area contributed by atoms with Gasteiger partial charge >= 0.3 is 0 Å². The van der Waals surface area contributed by atoms with Crippen LogP contribution < -0.4 is 0 Å². The van der Waals surface area contributed by atoms with Gasteiger partial charge in [-0.15, -0.1) is 0 Å². The number of benzene rings is 2. The second-order valence-corrected chi connectivity index (χ2v) is 6.31. The van der Waals surface area contributed by atoms with E-state index in [9.17, 15) is 14.9 Å². The van der Waals surface area contributed by atoms with E-state index in [2.05, 4.69) is 12.1 Å². The van der Waals surface area contributed by atoms with E-state index in [0.29, 0.717) is 13.2 Å². The SMILES string of the molecule is CN(CC1Cc2ccccc2CO1)C(=O)/C=C/c1ccc([N+](=O)[O-])cc1. The van der Waals surface area contributed by atoms with Crippen molar-refractivity contribution in [2.24, 2.45) is 0 Å². The summed E-state index contributed by atoms with van der Waals surface area (Å²) >= 11 is 0. The molecule has 0 radical (unpaired) electrons. The number of likely N-dealkylation sites (N-methyl/N-ethyl adjacent to an activating group) is 1. The molecule has 6 nitrogen and oxygen atoms in total. The van der Waals surface area contributed by atoms with Crippen LogP contribution in [0.15, 0.2) is 54.6 Å². The van der Waals surface area contributed by atoms with Gasteiger partial charge in [0.05, 0.1) is 17.6 Å². The lowest BCUT2D eigenvalue weighted by Gasteiger charge is -2.28. The first-order valence-corrected chi connectivity index (χ1v) is 8.39. The molecule has 6 heteroatoms. The Kier molecular flexibility index (Phi) is 5.43. The van der Waals surface area contributed by atoms with Crippen molar-refractivity contribution in [2.75, 3.05) is 13.6 Å². The number of fused-ring (bicyclic) bond motifs is 1. The molecule has 134 valence electrons. The Bertz CT molecular complexity index is 830. The zero-order valence-electron chi connectivity index (χ0n) is 14.5. The number of rotatable bonds is 5. The molecule has 0 saturated carbocycles. The number of ether oxygens (including phenoxy) is 1. The van der Waals surface area contributed by atoms with E-state index < -0.39 is 4.92 Å². The fourth-order valence-corrected chi connectivity index (χ4v) is 2.92. The predicted octanol–water partition coefficient (Wildman–Crippen LogP) is 3.21. The molecule has 0 fully saturated rings. The summed E-state index contributed by atoms with van der Waals surface area (Å²) < 4.78 is 5.84. The number of amides is 1. The summed E-state index contributed by atoms with van der Waals surface area (Å²) in [5.41, 5.74) is 3.24. The van der Waals surface area contributed by atoms with Crippen molar-refractivity contribution < 1.29 is 14.5 Å². The molecule has 0 bridgehead atoms. The number of hydrogen-bond acceptors (Lipinski definition) is 4. The van der Waals surface area contributed by atoms with E-state index in [1.807, 2.05) is 12.1 Å². The van der Waals surface area contributed by atoms with E-state index in [4.69, 9.17) is 4.74 Å². The van der Waals surface area contributed by atoms with Gasteiger partial charge in [0.1, 0.15) is 0 Å². The fourth-order valence-electron chi connectivity index (χ4n) is 2.92. The molecule has 0 N–H and O–H groups in total. The zero-order chi connectivity index (χ0) is 18.5. The molecule has 1 atom stereocenters. The van der Waals surface area contributed by atoms with Gasteiger partial charge in [0.25, 0.3) is 5.69 Å². The number of carbonyl (C=O) groups is 1. The highest BCUT2D eigenvalue weighted by Gasteiger charge is 2.21. The minimum atomic E-state index is -0.450. The maximum atomic E-state index is 12.3. The Labute approximate surface area is 151 Å². The quantitative estimate of drug-likeness (QED) is 0.470. The highest BCUT2D eigenvalue weighted by molar-refractivity contribution is 5.91. The standard InChI is InChI=1S/C20H20N2O4/c1-21(13-19-12-16-4-2-3-5-17(16)14-26-19)20(23)11-8-15-6-9-18(10-7-15)22(24)25/h2-11,19H,12-14H2,1H3/b11-8+. The molecule has 0 aliphatic carbocycles. The second kappa shape index (κ2) is 7.93. The molecule has 0 spiro atoms. The summed E-state index contributed by atoms with van der Waals surface area (Å²) in [7, 11) is 1.74. The molecule has 1 heterocycles. The number of carbonyl (C=O) groups excluding carboxylic acids is 1. The summed E-state index contributed by atoms with van der Waals surface area (Å²) in [4.78, 5) is 24.1. The maximum absolute atomic E-state index is 12.3. The van der Waals surface area contributed by atoms with Crippen LogP contribution in [0.1, 0.15) is 16.7 Å². The van der Waals surface area contributed by atoms with Crippen molar-refractivity contribution in [3.8, 4) is 0 Å². The van der Waals surface area contributed by atoms with Crippen LogP contribution in [0, 0.1) is 10.1 Å². The number of nitrogens with zero attached hydrogens (tertiary/aromatic N) is 2. The van der Waals surface area contributed by atoms with E-state index in [1.165, 1.54) is 29.3 Å². The Morgan fingerprint density at radius 2 is 1.92 bits per heavy atom. The monoisotopic (exact) mass is 352 g/mol. The van der Waals surface area contributed by atoms with Gasteiger partial charge in [-0.2, -0.15) is 0 Å². The highest BCUT2D eigenvalue weighted by atomic mass is 16.6. The van der Waals surface area contributed by atoms with Crippen LogP contribution in [-0.4, -0.2) is 35.4 Å². The number of non-ortho nitro benzene ring substituents is 1. The Balaban J connectivity index is 1.55. The number of hydrogen-bond donors (Lipinski definition) is 0. The van der Waals surface area contributed by atoms with E-state index in [-0.39, 0.29) is 17.7 Å².